The second-order valence-corrected chi connectivity index (χ2v) is 7.16. The average molecular weight is 365 g/mol. The second-order valence-electron chi connectivity index (χ2n) is 7.16. The van der Waals surface area contributed by atoms with Crippen molar-refractivity contribution in [2.45, 2.75) is 50.6 Å². The maximum Gasteiger partial charge on any atom is 0.251 e. The molecule has 1 unspecified atom stereocenters. The summed E-state index contributed by atoms with van der Waals surface area (Å²) in [6.45, 7) is 0. The smallest absolute Gasteiger partial charge is 0.251 e. The number of rotatable bonds is 6. The van der Waals surface area contributed by atoms with Crippen LogP contribution < -0.4 is 16.4 Å². The molecule has 0 aliphatic heterocycles. The molecule has 27 heavy (non-hydrogen) atoms. The van der Waals surface area contributed by atoms with E-state index in [1.165, 1.54) is 19.3 Å². The fraction of sp³-hybridized carbons (Fsp3) is 0.364. The Morgan fingerprint density at radius 2 is 1.63 bits per heavy atom. The number of anilines is 1. The number of amides is 2. The average Bonchev–Trinajstić information content (AvgIpc) is 2.70. The quantitative estimate of drug-likeness (QED) is 0.728. The van der Waals surface area contributed by atoms with E-state index in [4.69, 9.17) is 5.73 Å². The number of nitrogens with two attached hydrogens (primary N) is 1. The van der Waals surface area contributed by atoms with Crippen LogP contribution in [0.1, 0.15) is 60.5 Å². The minimum Gasteiger partial charge on any atom is -0.349 e. The summed E-state index contributed by atoms with van der Waals surface area (Å²) in [5.41, 5.74) is 8.29. The highest BCUT2D eigenvalue weighted by Crippen LogP contribution is 2.19. The summed E-state index contributed by atoms with van der Waals surface area (Å²) in [6.07, 6.45) is 5.94. The summed E-state index contributed by atoms with van der Waals surface area (Å²) in [6, 6.07) is 16.5. The van der Waals surface area contributed by atoms with Crippen molar-refractivity contribution < 1.29 is 9.59 Å². The Morgan fingerprint density at radius 3 is 2.30 bits per heavy atom. The van der Waals surface area contributed by atoms with Crippen molar-refractivity contribution >= 4 is 17.5 Å². The summed E-state index contributed by atoms with van der Waals surface area (Å²) < 4.78 is 0. The Balaban J connectivity index is 1.50. The molecule has 4 N–H and O–H groups in total. The number of hydrogen-bond donors (Lipinski definition) is 3. The van der Waals surface area contributed by atoms with Gasteiger partial charge in [-0.25, -0.2) is 0 Å². The van der Waals surface area contributed by atoms with Crippen molar-refractivity contribution in [1.82, 2.24) is 5.32 Å². The molecule has 0 bridgehead atoms. The van der Waals surface area contributed by atoms with Crippen LogP contribution in [0.5, 0.6) is 0 Å². The number of carbonyl (C=O) groups excluding carboxylic acids is 2. The van der Waals surface area contributed by atoms with Crippen LogP contribution in [-0.4, -0.2) is 17.9 Å². The SMILES string of the molecule is NC(CC(=O)Nc1ccc(C(=O)NC2CCCCC2)cc1)c1ccccc1. The van der Waals surface area contributed by atoms with Gasteiger partial charge in [0.05, 0.1) is 0 Å². The lowest BCUT2D eigenvalue weighted by atomic mass is 9.95. The molecular formula is C22H27N3O2. The zero-order valence-electron chi connectivity index (χ0n) is 15.5. The highest BCUT2D eigenvalue weighted by atomic mass is 16.2. The van der Waals surface area contributed by atoms with Gasteiger partial charge in [-0.2, -0.15) is 0 Å². The van der Waals surface area contributed by atoms with Crippen molar-refractivity contribution in [2.24, 2.45) is 5.73 Å². The van der Waals surface area contributed by atoms with Crippen LogP contribution in [0.2, 0.25) is 0 Å². The lowest BCUT2D eigenvalue weighted by molar-refractivity contribution is -0.116. The van der Waals surface area contributed by atoms with Crippen molar-refractivity contribution in [3.05, 3.63) is 65.7 Å². The summed E-state index contributed by atoms with van der Waals surface area (Å²) in [7, 11) is 0. The molecule has 0 radical (unpaired) electrons. The standard InChI is InChI=1S/C22H27N3O2/c23-20(16-7-3-1-4-8-16)15-21(26)24-19-13-11-17(12-14-19)22(27)25-18-9-5-2-6-10-18/h1,3-4,7-8,11-14,18,20H,2,5-6,9-10,15,23H2,(H,24,26)(H,25,27). The van der Waals surface area contributed by atoms with Gasteiger partial charge in [0.25, 0.3) is 5.91 Å². The normalized spacial score (nSPS) is 15.7. The number of nitrogens with one attached hydrogen (secondary N) is 2. The maximum atomic E-state index is 12.3. The molecule has 1 aliphatic carbocycles. The van der Waals surface area contributed by atoms with E-state index in [2.05, 4.69) is 10.6 Å². The van der Waals surface area contributed by atoms with Crippen LogP contribution in [0.4, 0.5) is 5.69 Å². The second kappa shape index (κ2) is 9.33. The summed E-state index contributed by atoms with van der Waals surface area (Å²) in [4.78, 5) is 24.5. The Morgan fingerprint density at radius 1 is 0.963 bits per heavy atom. The van der Waals surface area contributed by atoms with Gasteiger partial charge in [0.15, 0.2) is 0 Å². The molecule has 0 aromatic heterocycles. The molecule has 142 valence electrons. The van der Waals surface area contributed by atoms with E-state index in [0.717, 1.165) is 18.4 Å². The van der Waals surface area contributed by atoms with Crippen LogP contribution in [0, 0.1) is 0 Å². The van der Waals surface area contributed by atoms with Crippen LogP contribution in [0.3, 0.4) is 0 Å². The number of carbonyl (C=O) groups is 2. The van der Waals surface area contributed by atoms with Gasteiger partial charge in [-0.15, -0.1) is 0 Å². The molecule has 3 rings (SSSR count). The van der Waals surface area contributed by atoms with Crippen molar-refractivity contribution in [3.8, 4) is 0 Å². The molecular weight excluding hydrogens is 338 g/mol. The van der Waals surface area contributed by atoms with E-state index in [-0.39, 0.29) is 30.3 Å². The molecule has 1 aliphatic rings. The van der Waals surface area contributed by atoms with Crippen molar-refractivity contribution in [2.75, 3.05) is 5.32 Å². The molecule has 0 saturated heterocycles. The van der Waals surface area contributed by atoms with Crippen LogP contribution in [0.15, 0.2) is 54.6 Å². The first-order valence-electron chi connectivity index (χ1n) is 9.63. The Kier molecular flexibility index (Phi) is 6.60. The first-order chi connectivity index (χ1) is 13.1. The Labute approximate surface area is 160 Å². The summed E-state index contributed by atoms with van der Waals surface area (Å²) in [5, 5.41) is 5.94. The van der Waals surface area contributed by atoms with Crippen LogP contribution in [0.25, 0.3) is 0 Å². The third kappa shape index (κ3) is 5.66. The first-order valence-corrected chi connectivity index (χ1v) is 9.63. The fourth-order valence-electron chi connectivity index (χ4n) is 3.45. The van der Waals surface area contributed by atoms with Gasteiger partial charge in [-0.05, 0) is 42.7 Å². The predicted molar refractivity (Wildman–Crippen MR) is 107 cm³/mol. The largest absolute Gasteiger partial charge is 0.349 e. The van der Waals surface area contributed by atoms with Crippen molar-refractivity contribution in [3.63, 3.8) is 0 Å². The van der Waals surface area contributed by atoms with Crippen molar-refractivity contribution in [1.29, 1.82) is 0 Å². The molecule has 0 heterocycles. The minimum absolute atomic E-state index is 0.0501. The van der Waals surface area contributed by atoms with Gasteiger partial charge in [-0.3, -0.25) is 9.59 Å². The third-order valence-corrected chi connectivity index (χ3v) is 5.00. The molecule has 2 amide bonds. The monoisotopic (exact) mass is 365 g/mol. The topological polar surface area (TPSA) is 84.2 Å². The highest BCUT2D eigenvalue weighted by molar-refractivity contribution is 5.96. The zero-order valence-corrected chi connectivity index (χ0v) is 15.5. The summed E-state index contributed by atoms with van der Waals surface area (Å²) in [5.74, 6) is -0.198. The molecule has 0 spiro atoms. The Bertz CT molecular complexity index is 753. The van der Waals surface area contributed by atoms with Gasteiger partial charge in [-0.1, -0.05) is 49.6 Å². The maximum absolute atomic E-state index is 12.3. The van der Waals surface area contributed by atoms with E-state index in [1.807, 2.05) is 30.3 Å². The number of benzene rings is 2. The fourth-order valence-corrected chi connectivity index (χ4v) is 3.45. The van der Waals surface area contributed by atoms with Crippen LogP contribution in [-0.2, 0) is 4.79 Å². The summed E-state index contributed by atoms with van der Waals surface area (Å²) >= 11 is 0. The van der Waals surface area contributed by atoms with Gasteiger partial charge in [0.2, 0.25) is 5.91 Å². The van der Waals surface area contributed by atoms with Gasteiger partial charge in [0.1, 0.15) is 0 Å². The van der Waals surface area contributed by atoms with E-state index in [0.29, 0.717) is 11.3 Å². The first kappa shape index (κ1) is 19.1. The lowest BCUT2D eigenvalue weighted by Gasteiger charge is -2.22. The highest BCUT2D eigenvalue weighted by Gasteiger charge is 2.17. The van der Waals surface area contributed by atoms with Gasteiger partial charge in [0, 0.05) is 29.8 Å². The number of hydrogen-bond acceptors (Lipinski definition) is 3. The third-order valence-electron chi connectivity index (χ3n) is 5.00. The van der Waals surface area contributed by atoms with Gasteiger partial charge >= 0.3 is 0 Å². The molecule has 2 aromatic rings. The predicted octanol–water partition coefficient (Wildman–Crippen LogP) is 3.78. The molecule has 2 aromatic carbocycles. The van der Waals surface area contributed by atoms with Gasteiger partial charge < -0.3 is 16.4 Å². The van der Waals surface area contributed by atoms with E-state index < -0.39 is 0 Å². The Hall–Kier alpha value is -2.66. The molecule has 5 nitrogen and oxygen atoms in total. The zero-order chi connectivity index (χ0) is 19.1. The minimum atomic E-state index is -0.341. The lowest BCUT2D eigenvalue weighted by Crippen LogP contribution is -2.36. The van der Waals surface area contributed by atoms with E-state index in [9.17, 15) is 9.59 Å². The van der Waals surface area contributed by atoms with E-state index in [1.54, 1.807) is 24.3 Å². The molecule has 1 fully saturated rings. The molecule has 5 heteroatoms. The molecule has 1 atom stereocenters. The van der Waals surface area contributed by atoms with E-state index >= 15 is 0 Å². The van der Waals surface area contributed by atoms with Crippen LogP contribution >= 0.6 is 0 Å². The molecule has 1 saturated carbocycles.